The third-order valence-corrected chi connectivity index (χ3v) is 2.62. The second-order valence-electron chi connectivity index (χ2n) is 3.61. The zero-order chi connectivity index (χ0) is 11.8. The number of nitrogens with one attached hydrogen (secondary N) is 1. The zero-order valence-corrected chi connectivity index (χ0v) is 11.0. The number of halogens is 1. The van der Waals surface area contributed by atoms with Gasteiger partial charge in [-0.05, 0) is 34.5 Å². The smallest absolute Gasteiger partial charge is 0.0636 e. The Labute approximate surface area is 105 Å². The fourth-order valence-electron chi connectivity index (χ4n) is 1.32. The molecule has 5 heteroatoms. The molecule has 4 nitrogen and oxygen atoms in total. The molecule has 0 aromatic carbocycles. The van der Waals surface area contributed by atoms with Crippen molar-refractivity contribution in [3.05, 3.63) is 28.5 Å². The minimum absolute atomic E-state index is 0.111. The molecule has 1 rings (SSSR count). The molecule has 0 saturated heterocycles. The van der Waals surface area contributed by atoms with Crippen molar-refractivity contribution in [3.63, 3.8) is 0 Å². The van der Waals surface area contributed by atoms with Gasteiger partial charge in [0.05, 0.1) is 6.61 Å². The minimum Gasteiger partial charge on any atom is -0.380 e. The highest BCUT2D eigenvalue weighted by molar-refractivity contribution is 9.10. The van der Waals surface area contributed by atoms with Crippen molar-refractivity contribution in [2.45, 2.75) is 25.8 Å². The van der Waals surface area contributed by atoms with E-state index in [1.165, 1.54) is 0 Å². The normalized spacial score (nSPS) is 12.7. The van der Waals surface area contributed by atoms with Crippen LogP contribution in [0.4, 0.5) is 0 Å². The Kier molecular flexibility index (Phi) is 6.56. The monoisotopic (exact) mass is 287 g/mol. The summed E-state index contributed by atoms with van der Waals surface area (Å²) in [6, 6.07) is 4.07. The molecule has 90 valence electrons. The number of hydrazine groups is 1. The first-order valence-corrected chi connectivity index (χ1v) is 6.20. The van der Waals surface area contributed by atoms with Crippen LogP contribution in [0.2, 0.25) is 0 Å². The van der Waals surface area contributed by atoms with E-state index in [0.29, 0.717) is 6.61 Å². The van der Waals surface area contributed by atoms with Gasteiger partial charge in [0.1, 0.15) is 0 Å². The van der Waals surface area contributed by atoms with E-state index in [9.17, 15) is 0 Å². The molecule has 0 aliphatic carbocycles. The van der Waals surface area contributed by atoms with Gasteiger partial charge >= 0.3 is 0 Å². The van der Waals surface area contributed by atoms with E-state index >= 15 is 0 Å². The Morgan fingerprint density at radius 2 is 2.38 bits per heavy atom. The molecule has 3 N–H and O–H groups in total. The molecule has 1 unspecified atom stereocenters. The number of ether oxygens (including phenoxy) is 1. The topological polar surface area (TPSA) is 60.2 Å². The highest BCUT2D eigenvalue weighted by Gasteiger charge is 2.08. The number of nitrogens with two attached hydrogens (primary N) is 1. The molecule has 1 aromatic heterocycles. The van der Waals surface area contributed by atoms with Crippen LogP contribution in [0.15, 0.2) is 22.8 Å². The van der Waals surface area contributed by atoms with Crippen molar-refractivity contribution in [2.24, 2.45) is 5.84 Å². The first-order chi connectivity index (χ1) is 7.76. The lowest BCUT2D eigenvalue weighted by Crippen LogP contribution is -2.40. The summed E-state index contributed by atoms with van der Waals surface area (Å²) in [5, 5.41) is 0. The van der Waals surface area contributed by atoms with Gasteiger partial charge in [0.15, 0.2) is 0 Å². The SMILES string of the molecule is CCCOCC(Cc1ccc(Br)cn1)NN. The van der Waals surface area contributed by atoms with Crippen LogP contribution >= 0.6 is 15.9 Å². The Balaban J connectivity index is 2.40. The number of hydrogen-bond acceptors (Lipinski definition) is 4. The van der Waals surface area contributed by atoms with Crippen molar-refractivity contribution in [1.29, 1.82) is 0 Å². The molecule has 1 heterocycles. The van der Waals surface area contributed by atoms with Gasteiger partial charge in [0, 0.05) is 35.4 Å². The third-order valence-electron chi connectivity index (χ3n) is 2.15. The summed E-state index contributed by atoms with van der Waals surface area (Å²) in [6.45, 7) is 3.47. The van der Waals surface area contributed by atoms with Gasteiger partial charge in [-0.1, -0.05) is 6.92 Å². The Hall–Kier alpha value is -0.490. The molecule has 0 bridgehead atoms. The molecular weight excluding hydrogens is 270 g/mol. The van der Waals surface area contributed by atoms with E-state index in [0.717, 1.165) is 29.6 Å². The molecule has 0 aliphatic heterocycles. The maximum Gasteiger partial charge on any atom is 0.0636 e. The average molecular weight is 288 g/mol. The second-order valence-corrected chi connectivity index (χ2v) is 4.53. The van der Waals surface area contributed by atoms with Crippen LogP contribution in [0.3, 0.4) is 0 Å². The number of pyridine rings is 1. The van der Waals surface area contributed by atoms with Crippen molar-refractivity contribution in [1.82, 2.24) is 10.4 Å². The van der Waals surface area contributed by atoms with E-state index in [1.807, 2.05) is 12.1 Å². The predicted octanol–water partition coefficient (Wildman–Crippen LogP) is 1.65. The quantitative estimate of drug-likeness (QED) is 0.455. The third kappa shape index (κ3) is 5.03. The molecule has 16 heavy (non-hydrogen) atoms. The predicted molar refractivity (Wildman–Crippen MR) is 67.9 cm³/mol. The van der Waals surface area contributed by atoms with E-state index in [-0.39, 0.29) is 6.04 Å². The molecule has 0 saturated carbocycles. The van der Waals surface area contributed by atoms with Crippen molar-refractivity contribution < 1.29 is 4.74 Å². The summed E-state index contributed by atoms with van der Waals surface area (Å²) in [6.07, 6.45) is 3.58. The summed E-state index contributed by atoms with van der Waals surface area (Å²) < 4.78 is 6.43. The van der Waals surface area contributed by atoms with Crippen LogP contribution in [0.25, 0.3) is 0 Å². The van der Waals surface area contributed by atoms with Gasteiger partial charge in [0.2, 0.25) is 0 Å². The fourth-order valence-corrected chi connectivity index (χ4v) is 1.55. The molecule has 0 spiro atoms. The Bertz CT molecular complexity index is 292. The number of hydrogen-bond donors (Lipinski definition) is 2. The fraction of sp³-hybridized carbons (Fsp3) is 0.545. The number of aromatic nitrogens is 1. The average Bonchev–Trinajstić information content (AvgIpc) is 2.31. The van der Waals surface area contributed by atoms with E-state index < -0.39 is 0 Å². The summed E-state index contributed by atoms with van der Waals surface area (Å²) in [5.41, 5.74) is 3.75. The van der Waals surface area contributed by atoms with Gasteiger partial charge in [-0.15, -0.1) is 0 Å². The van der Waals surface area contributed by atoms with Gasteiger partial charge in [-0.2, -0.15) is 0 Å². The van der Waals surface area contributed by atoms with Crippen LogP contribution in [-0.2, 0) is 11.2 Å². The lowest BCUT2D eigenvalue weighted by molar-refractivity contribution is 0.111. The van der Waals surface area contributed by atoms with Crippen LogP contribution in [0.5, 0.6) is 0 Å². The second kappa shape index (κ2) is 7.73. The summed E-state index contributed by atoms with van der Waals surface area (Å²) in [5.74, 6) is 5.47. The van der Waals surface area contributed by atoms with Gasteiger partial charge in [-0.3, -0.25) is 16.3 Å². The molecule has 0 aliphatic rings. The van der Waals surface area contributed by atoms with Crippen LogP contribution in [0.1, 0.15) is 19.0 Å². The number of rotatable bonds is 7. The first kappa shape index (κ1) is 13.6. The zero-order valence-electron chi connectivity index (χ0n) is 9.45. The first-order valence-electron chi connectivity index (χ1n) is 5.40. The Morgan fingerprint density at radius 1 is 1.56 bits per heavy atom. The highest BCUT2D eigenvalue weighted by Crippen LogP contribution is 2.08. The van der Waals surface area contributed by atoms with Crippen LogP contribution < -0.4 is 11.3 Å². The summed E-state index contributed by atoms with van der Waals surface area (Å²) in [7, 11) is 0. The lowest BCUT2D eigenvalue weighted by atomic mass is 10.1. The minimum atomic E-state index is 0.111. The maximum atomic E-state index is 5.47. The molecule has 1 atom stereocenters. The van der Waals surface area contributed by atoms with Crippen molar-refractivity contribution in [3.8, 4) is 0 Å². The Morgan fingerprint density at radius 3 is 2.94 bits per heavy atom. The van der Waals surface area contributed by atoms with E-state index in [1.54, 1.807) is 6.20 Å². The van der Waals surface area contributed by atoms with Crippen molar-refractivity contribution >= 4 is 15.9 Å². The highest BCUT2D eigenvalue weighted by atomic mass is 79.9. The molecule has 0 amide bonds. The standard InChI is InChI=1S/C11H18BrN3O/c1-2-5-16-8-11(15-13)6-10-4-3-9(12)7-14-10/h3-4,7,11,15H,2,5-6,8,13H2,1H3. The largest absolute Gasteiger partial charge is 0.380 e. The molecule has 0 radical (unpaired) electrons. The van der Waals surface area contributed by atoms with Crippen molar-refractivity contribution in [2.75, 3.05) is 13.2 Å². The molecule has 1 aromatic rings. The maximum absolute atomic E-state index is 5.47. The summed E-state index contributed by atoms with van der Waals surface area (Å²) >= 11 is 3.35. The number of nitrogens with zero attached hydrogens (tertiary/aromatic N) is 1. The lowest BCUT2D eigenvalue weighted by Gasteiger charge is -2.15. The van der Waals surface area contributed by atoms with Crippen LogP contribution in [0, 0.1) is 0 Å². The molecule has 0 fully saturated rings. The van der Waals surface area contributed by atoms with Gasteiger partial charge in [-0.25, -0.2) is 0 Å². The molecular formula is C11H18BrN3O. The van der Waals surface area contributed by atoms with Crippen LogP contribution in [-0.4, -0.2) is 24.2 Å². The summed E-state index contributed by atoms with van der Waals surface area (Å²) in [4.78, 5) is 4.30. The van der Waals surface area contributed by atoms with E-state index in [2.05, 4.69) is 33.3 Å². The van der Waals surface area contributed by atoms with E-state index in [4.69, 9.17) is 10.6 Å². The van der Waals surface area contributed by atoms with Gasteiger partial charge in [0.25, 0.3) is 0 Å². The van der Waals surface area contributed by atoms with Gasteiger partial charge < -0.3 is 4.74 Å².